The third-order valence-corrected chi connectivity index (χ3v) is 4.86. The number of hydrogen-bond donors (Lipinski definition) is 0. The van der Waals surface area contributed by atoms with Crippen molar-refractivity contribution in [2.24, 2.45) is 0 Å². The molecule has 3 fully saturated rings. The van der Waals surface area contributed by atoms with E-state index in [1.54, 1.807) is 0 Å². The molecule has 0 aromatic rings. The predicted octanol–water partition coefficient (Wildman–Crippen LogP) is 1.70. The second-order valence-corrected chi connectivity index (χ2v) is 6.30. The van der Waals surface area contributed by atoms with Crippen LogP contribution >= 0.6 is 0 Å². The molecule has 0 aromatic heterocycles. The van der Waals surface area contributed by atoms with Crippen molar-refractivity contribution in [1.29, 1.82) is 0 Å². The molecule has 3 rings (SSSR count). The Hall–Kier alpha value is -0.160. The van der Waals surface area contributed by atoms with Crippen molar-refractivity contribution < 1.29 is 9.47 Å². The molecule has 0 radical (unpaired) electrons. The summed E-state index contributed by atoms with van der Waals surface area (Å²) in [5, 5.41) is 0. The topological polar surface area (TPSA) is 24.9 Å². The maximum atomic E-state index is 5.65. The third kappa shape index (κ3) is 3.48. The lowest BCUT2D eigenvalue weighted by molar-refractivity contribution is -0.184. The van der Waals surface area contributed by atoms with Crippen LogP contribution in [-0.4, -0.2) is 67.6 Å². The molecule has 0 spiro atoms. The van der Waals surface area contributed by atoms with Crippen molar-refractivity contribution in [2.45, 2.75) is 57.4 Å². The van der Waals surface area contributed by atoms with Gasteiger partial charge < -0.3 is 9.47 Å². The van der Waals surface area contributed by atoms with E-state index in [9.17, 15) is 0 Å². The summed E-state index contributed by atoms with van der Waals surface area (Å²) in [7, 11) is 0. The summed E-state index contributed by atoms with van der Waals surface area (Å²) in [5.41, 5.74) is 0. The molecule has 19 heavy (non-hydrogen) atoms. The van der Waals surface area contributed by atoms with Crippen LogP contribution < -0.4 is 0 Å². The molecule has 3 heterocycles. The van der Waals surface area contributed by atoms with Gasteiger partial charge >= 0.3 is 0 Å². The molecule has 2 unspecified atom stereocenters. The van der Waals surface area contributed by atoms with E-state index in [-0.39, 0.29) is 6.29 Å². The summed E-state index contributed by atoms with van der Waals surface area (Å²) in [6, 6.07) is 1.48. The number of fused-ring (bicyclic) bond motifs is 1. The fourth-order valence-electron chi connectivity index (χ4n) is 3.70. The predicted molar refractivity (Wildman–Crippen MR) is 75.2 cm³/mol. The second-order valence-electron chi connectivity index (χ2n) is 6.30. The van der Waals surface area contributed by atoms with E-state index < -0.39 is 0 Å². The zero-order valence-corrected chi connectivity index (χ0v) is 12.2. The average molecular weight is 268 g/mol. The van der Waals surface area contributed by atoms with E-state index in [4.69, 9.17) is 9.47 Å². The van der Waals surface area contributed by atoms with E-state index in [1.165, 1.54) is 38.9 Å². The van der Waals surface area contributed by atoms with Gasteiger partial charge in [0.25, 0.3) is 0 Å². The summed E-state index contributed by atoms with van der Waals surface area (Å²) in [5.74, 6) is 0. The molecule has 4 nitrogen and oxygen atoms in total. The van der Waals surface area contributed by atoms with E-state index in [0.717, 1.165) is 38.6 Å². The van der Waals surface area contributed by atoms with Gasteiger partial charge in [-0.05, 0) is 32.7 Å². The zero-order valence-electron chi connectivity index (χ0n) is 12.2. The van der Waals surface area contributed by atoms with Crippen LogP contribution in [0.5, 0.6) is 0 Å². The van der Waals surface area contributed by atoms with Crippen LogP contribution in [0.2, 0.25) is 0 Å². The van der Waals surface area contributed by atoms with Crippen molar-refractivity contribution in [3.8, 4) is 0 Å². The molecule has 0 bridgehead atoms. The zero-order chi connectivity index (χ0) is 13.1. The highest BCUT2D eigenvalue weighted by Gasteiger charge is 2.33. The first-order valence-electron chi connectivity index (χ1n) is 8.04. The second kappa shape index (κ2) is 6.53. The highest BCUT2D eigenvalue weighted by atomic mass is 16.7. The summed E-state index contributed by atoms with van der Waals surface area (Å²) < 4.78 is 11.3. The Morgan fingerprint density at radius 1 is 1.05 bits per heavy atom. The fourth-order valence-corrected chi connectivity index (χ4v) is 3.70. The number of ether oxygens (including phenoxy) is 2. The molecule has 110 valence electrons. The van der Waals surface area contributed by atoms with Crippen LogP contribution in [0.25, 0.3) is 0 Å². The third-order valence-electron chi connectivity index (χ3n) is 4.86. The monoisotopic (exact) mass is 268 g/mol. The highest BCUT2D eigenvalue weighted by molar-refractivity contribution is 4.89. The standard InChI is InChI=1S/C15H28N2O2/c1-13-11-17-7-3-2-5-14(17)12-16(13)8-6-15-18-9-4-10-19-15/h13-15H,2-12H2,1H3. The number of rotatable bonds is 3. The maximum Gasteiger partial charge on any atom is 0.158 e. The Morgan fingerprint density at radius 3 is 2.74 bits per heavy atom. The Morgan fingerprint density at radius 2 is 1.89 bits per heavy atom. The molecule has 0 aromatic carbocycles. The van der Waals surface area contributed by atoms with Crippen molar-refractivity contribution >= 4 is 0 Å². The Bertz CT molecular complexity index is 281. The Labute approximate surface area is 117 Å². The molecular weight excluding hydrogens is 240 g/mol. The van der Waals surface area contributed by atoms with Gasteiger partial charge in [-0.15, -0.1) is 0 Å². The van der Waals surface area contributed by atoms with Crippen molar-refractivity contribution in [3.05, 3.63) is 0 Å². The minimum absolute atomic E-state index is 0.0466. The smallest absolute Gasteiger partial charge is 0.158 e. The van der Waals surface area contributed by atoms with Gasteiger partial charge in [0, 0.05) is 38.1 Å². The first-order valence-corrected chi connectivity index (χ1v) is 8.04. The molecule has 0 amide bonds. The van der Waals surface area contributed by atoms with Gasteiger partial charge in [0.1, 0.15) is 0 Å². The summed E-state index contributed by atoms with van der Waals surface area (Å²) in [6.45, 7) is 9.04. The van der Waals surface area contributed by atoms with E-state index in [1.807, 2.05) is 0 Å². The minimum atomic E-state index is 0.0466. The molecule has 0 aliphatic carbocycles. The lowest BCUT2D eigenvalue weighted by Gasteiger charge is -2.47. The van der Waals surface area contributed by atoms with Gasteiger partial charge in [-0.3, -0.25) is 9.80 Å². The largest absolute Gasteiger partial charge is 0.353 e. The van der Waals surface area contributed by atoms with Crippen molar-refractivity contribution in [1.82, 2.24) is 9.80 Å². The van der Waals surface area contributed by atoms with Crippen LogP contribution in [0.15, 0.2) is 0 Å². The van der Waals surface area contributed by atoms with Crippen LogP contribution in [-0.2, 0) is 9.47 Å². The number of piperidine rings is 1. The van der Waals surface area contributed by atoms with Crippen molar-refractivity contribution in [3.63, 3.8) is 0 Å². The molecule has 0 saturated carbocycles. The SMILES string of the molecule is CC1CN2CCCCC2CN1CCC1OCCCO1. The Kier molecular flexibility index (Phi) is 4.74. The summed E-state index contributed by atoms with van der Waals surface area (Å²) in [4.78, 5) is 5.35. The first kappa shape index (κ1) is 13.8. The normalized spacial score (nSPS) is 35.2. The number of piperazine rings is 1. The molecule has 4 heteroatoms. The maximum absolute atomic E-state index is 5.65. The molecule has 3 aliphatic rings. The first-order chi connectivity index (χ1) is 9.33. The van der Waals surface area contributed by atoms with Gasteiger partial charge in [0.15, 0.2) is 6.29 Å². The van der Waals surface area contributed by atoms with Crippen LogP contribution in [0, 0.1) is 0 Å². The van der Waals surface area contributed by atoms with Crippen molar-refractivity contribution in [2.75, 3.05) is 39.4 Å². The minimum Gasteiger partial charge on any atom is -0.353 e. The van der Waals surface area contributed by atoms with Crippen LogP contribution in [0.1, 0.15) is 39.0 Å². The van der Waals surface area contributed by atoms with E-state index in [0.29, 0.717) is 6.04 Å². The number of nitrogens with zero attached hydrogens (tertiary/aromatic N) is 2. The van der Waals surface area contributed by atoms with Crippen LogP contribution in [0.4, 0.5) is 0 Å². The molecular formula is C15H28N2O2. The molecule has 0 N–H and O–H groups in total. The number of hydrogen-bond acceptors (Lipinski definition) is 4. The lowest BCUT2D eigenvalue weighted by atomic mass is 9.97. The highest BCUT2D eigenvalue weighted by Crippen LogP contribution is 2.24. The molecule has 3 saturated heterocycles. The quantitative estimate of drug-likeness (QED) is 0.778. The van der Waals surface area contributed by atoms with E-state index >= 15 is 0 Å². The summed E-state index contributed by atoms with van der Waals surface area (Å²) >= 11 is 0. The van der Waals surface area contributed by atoms with Gasteiger partial charge in [-0.25, -0.2) is 0 Å². The van der Waals surface area contributed by atoms with Gasteiger partial charge in [-0.1, -0.05) is 6.42 Å². The van der Waals surface area contributed by atoms with Gasteiger partial charge in [-0.2, -0.15) is 0 Å². The molecule has 2 atom stereocenters. The Balaban J connectivity index is 1.47. The van der Waals surface area contributed by atoms with Gasteiger partial charge in [0.05, 0.1) is 13.2 Å². The van der Waals surface area contributed by atoms with Gasteiger partial charge in [0.2, 0.25) is 0 Å². The lowest BCUT2D eigenvalue weighted by Crippen LogP contribution is -2.58. The summed E-state index contributed by atoms with van der Waals surface area (Å²) in [6.07, 6.45) is 6.32. The molecule has 3 aliphatic heterocycles. The van der Waals surface area contributed by atoms with E-state index in [2.05, 4.69) is 16.7 Å². The van der Waals surface area contributed by atoms with Crippen LogP contribution in [0.3, 0.4) is 0 Å². The fraction of sp³-hybridized carbons (Fsp3) is 1.00. The average Bonchev–Trinajstić information content (AvgIpc) is 2.46.